The zero-order chi connectivity index (χ0) is 16.8. The minimum absolute atomic E-state index is 0.241. The van der Waals surface area contributed by atoms with Crippen LogP contribution in [0, 0.1) is 0 Å². The van der Waals surface area contributed by atoms with E-state index in [1.807, 2.05) is 13.0 Å². The molecule has 2 N–H and O–H groups in total. The molecule has 23 heavy (non-hydrogen) atoms. The molecule has 0 heterocycles. The van der Waals surface area contributed by atoms with Crippen LogP contribution in [0.1, 0.15) is 45.7 Å². The first-order valence-electron chi connectivity index (χ1n) is 7.43. The SMILES string of the molecule is CCOC(=O)c1cccc(CC)c1C(=O)c1ccccc1ON. The summed E-state index contributed by atoms with van der Waals surface area (Å²) in [6, 6.07) is 11.8. The fraction of sp³-hybridized carbons (Fsp3) is 0.222. The quantitative estimate of drug-likeness (QED) is 0.504. The molecule has 0 bridgehead atoms. The molecule has 0 unspecified atom stereocenters. The van der Waals surface area contributed by atoms with E-state index in [-0.39, 0.29) is 23.7 Å². The van der Waals surface area contributed by atoms with Crippen LogP contribution in [-0.4, -0.2) is 18.4 Å². The van der Waals surface area contributed by atoms with Crippen molar-refractivity contribution >= 4 is 11.8 Å². The molecule has 0 fully saturated rings. The van der Waals surface area contributed by atoms with Gasteiger partial charge in [0.1, 0.15) is 0 Å². The van der Waals surface area contributed by atoms with Crippen molar-refractivity contribution in [1.82, 2.24) is 0 Å². The van der Waals surface area contributed by atoms with Crippen LogP contribution in [0.25, 0.3) is 0 Å². The first-order valence-corrected chi connectivity index (χ1v) is 7.43. The predicted molar refractivity (Wildman–Crippen MR) is 86.5 cm³/mol. The number of esters is 1. The Morgan fingerprint density at radius 3 is 2.35 bits per heavy atom. The smallest absolute Gasteiger partial charge is 0.338 e. The van der Waals surface area contributed by atoms with Crippen molar-refractivity contribution in [3.8, 4) is 5.75 Å². The van der Waals surface area contributed by atoms with Gasteiger partial charge in [-0.25, -0.2) is 4.79 Å². The van der Waals surface area contributed by atoms with E-state index in [1.165, 1.54) is 0 Å². The van der Waals surface area contributed by atoms with Crippen molar-refractivity contribution in [3.05, 3.63) is 64.7 Å². The number of nitrogens with two attached hydrogens (primary N) is 1. The Morgan fingerprint density at radius 1 is 1.00 bits per heavy atom. The summed E-state index contributed by atoms with van der Waals surface area (Å²) >= 11 is 0. The number of rotatable bonds is 6. The predicted octanol–water partition coefficient (Wildman–Crippen LogP) is 2.91. The Balaban J connectivity index is 2.61. The van der Waals surface area contributed by atoms with Crippen molar-refractivity contribution in [1.29, 1.82) is 0 Å². The summed E-state index contributed by atoms with van der Waals surface area (Å²) in [7, 11) is 0. The van der Waals surface area contributed by atoms with E-state index >= 15 is 0 Å². The van der Waals surface area contributed by atoms with Gasteiger partial charge in [0, 0.05) is 5.56 Å². The van der Waals surface area contributed by atoms with E-state index in [4.69, 9.17) is 15.5 Å². The van der Waals surface area contributed by atoms with Crippen LogP contribution in [0.5, 0.6) is 5.75 Å². The molecule has 0 atom stereocenters. The molecule has 2 aromatic rings. The number of carbonyl (C=O) groups excluding carboxylic acids is 2. The molecule has 5 heteroatoms. The van der Waals surface area contributed by atoms with Gasteiger partial charge >= 0.3 is 5.97 Å². The van der Waals surface area contributed by atoms with E-state index in [9.17, 15) is 9.59 Å². The summed E-state index contributed by atoms with van der Waals surface area (Å²) < 4.78 is 5.06. The number of ether oxygens (including phenoxy) is 1. The summed E-state index contributed by atoms with van der Waals surface area (Å²) in [5.41, 5.74) is 1.66. The van der Waals surface area contributed by atoms with Crippen molar-refractivity contribution in [2.24, 2.45) is 5.90 Å². The number of aryl methyl sites for hydroxylation is 1. The van der Waals surface area contributed by atoms with E-state index in [0.29, 0.717) is 17.5 Å². The number of ketones is 1. The Morgan fingerprint density at radius 2 is 1.70 bits per heavy atom. The molecule has 0 aliphatic carbocycles. The van der Waals surface area contributed by atoms with Crippen LogP contribution in [0.15, 0.2) is 42.5 Å². The Bertz CT molecular complexity index is 725. The highest BCUT2D eigenvalue weighted by molar-refractivity contribution is 6.16. The van der Waals surface area contributed by atoms with Crippen molar-refractivity contribution < 1.29 is 19.2 Å². The van der Waals surface area contributed by atoms with Gasteiger partial charge in [-0.2, -0.15) is 5.90 Å². The molecule has 0 aliphatic rings. The number of hydrogen-bond acceptors (Lipinski definition) is 5. The largest absolute Gasteiger partial charge is 0.462 e. The minimum atomic E-state index is -0.516. The molecule has 0 amide bonds. The normalized spacial score (nSPS) is 10.2. The number of para-hydroxylation sites is 1. The average Bonchev–Trinajstić information content (AvgIpc) is 2.60. The van der Waals surface area contributed by atoms with Crippen LogP contribution in [0.3, 0.4) is 0 Å². The molecule has 2 rings (SSSR count). The van der Waals surface area contributed by atoms with E-state index in [0.717, 1.165) is 5.56 Å². The molecule has 120 valence electrons. The summed E-state index contributed by atoms with van der Waals surface area (Å²) in [6.07, 6.45) is 0.611. The van der Waals surface area contributed by atoms with Gasteiger partial charge in [-0.3, -0.25) is 4.79 Å². The molecular formula is C18H19NO4. The summed E-state index contributed by atoms with van der Waals surface area (Å²) in [5.74, 6) is 4.67. The molecule has 0 aliphatic heterocycles. The van der Waals surface area contributed by atoms with Gasteiger partial charge in [-0.05, 0) is 37.1 Å². The molecular weight excluding hydrogens is 294 g/mol. The van der Waals surface area contributed by atoms with Crippen LogP contribution < -0.4 is 10.7 Å². The summed E-state index contributed by atoms with van der Waals surface area (Å²) in [6.45, 7) is 3.89. The lowest BCUT2D eigenvalue weighted by Crippen LogP contribution is -2.16. The maximum atomic E-state index is 13.0. The maximum absolute atomic E-state index is 13.0. The first-order chi connectivity index (χ1) is 11.1. The Labute approximate surface area is 135 Å². The number of carbonyl (C=O) groups is 2. The van der Waals surface area contributed by atoms with Gasteiger partial charge < -0.3 is 9.57 Å². The zero-order valence-corrected chi connectivity index (χ0v) is 13.2. The third-order valence-electron chi connectivity index (χ3n) is 3.51. The van der Waals surface area contributed by atoms with Crippen LogP contribution in [-0.2, 0) is 11.2 Å². The van der Waals surface area contributed by atoms with Gasteiger partial charge in [-0.15, -0.1) is 0 Å². The number of hydrogen-bond donors (Lipinski definition) is 1. The Hall–Kier alpha value is -2.66. The molecule has 0 aromatic heterocycles. The third-order valence-corrected chi connectivity index (χ3v) is 3.51. The van der Waals surface area contributed by atoms with Gasteiger partial charge in [0.15, 0.2) is 11.5 Å². The minimum Gasteiger partial charge on any atom is -0.462 e. The van der Waals surface area contributed by atoms with E-state index in [2.05, 4.69) is 0 Å². The second-order valence-electron chi connectivity index (χ2n) is 4.86. The first kappa shape index (κ1) is 16.7. The van der Waals surface area contributed by atoms with Crippen LogP contribution in [0.4, 0.5) is 0 Å². The lowest BCUT2D eigenvalue weighted by Gasteiger charge is -2.13. The second-order valence-corrected chi connectivity index (χ2v) is 4.86. The molecule has 0 radical (unpaired) electrons. The van der Waals surface area contributed by atoms with Gasteiger partial charge in [0.2, 0.25) is 0 Å². The van der Waals surface area contributed by atoms with Crippen LogP contribution >= 0.6 is 0 Å². The standard InChI is InChI=1S/C18H19NO4/c1-3-12-8-7-10-14(18(21)22-4-2)16(12)17(20)13-9-5-6-11-15(13)23-19/h5-11H,3-4,19H2,1-2H3. The van der Waals surface area contributed by atoms with Crippen molar-refractivity contribution in [2.75, 3.05) is 6.61 Å². The van der Waals surface area contributed by atoms with Gasteiger partial charge in [0.25, 0.3) is 0 Å². The third kappa shape index (κ3) is 3.40. The lowest BCUT2D eigenvalue weighted by molar-refractivity contribution is 0.0523. The summed E-state index contributed by atoms with van der Waals surface area (Å²) in [4.78, 5) is 30.0. The van der Waals surface area contributed by atoms with E-state index < -0.39 is 5.97 Å². The lowest BCUT2D eigenvalue weighted by atomic mass is 9.92. The van der Waals surface area contributed by atoms with Gasteiger partial charge in [-0.1, -0.05) is 31.2 Å². The fourth-order valence-electron chi connectivity index (χ4n) is 2.43. The monoisotopic (exact) mass is 313 g/mol. The van der Waals surface area contributed by atoms with Crippen molar-refractivity contribution in [2.45, 2.75) is 20.3 Å². The molecule has 2 aromatic carbocycles. The summed E-state index contributed by atoms with van der Waals surface area (Å²) in [5, 5.41) is 0. The zero-order valence-electron chi connectivity index (χ0n) is 13.2. The molecule has 0 saturated carbocycles. The topological polar surface area (TPSA) is 78.6 Å². The molecule has 0 spiro atoms. The van der Waals surface area contributed by atoms with E-state index in [1.54, 1.807) is 43.3 Å². The van der Waals surface area contributed by atoms with Crippen molar-refractivity contribution in [3.63, 3.8) is 0 Å². The van der Waals surface area contributed by atoms with Crippen LogP contribution in [0.2, 0.25) is 0 Å². The highest BCUT2D eigenvalue weighted by Crippen LogP contribution is 2.25. The average molecular weight is 313 g/mol. The molecule has 0 saturated heterocycles. The second kappa shape index (κ2) is 7.56. The highest BCUT2D eigenvalue weighted by Gasteiger charge is 2.24. The highest BCUT2D eigenvalue weighted by atomic mass is 16.6. The molecule has 5 nitrogen and oxygen atoms in total. The fourth-order valence-corrected chi connectivity index (χ4v) is 2.43. The maximum Gasteiger partial charge on any atom is 0.338 e. The number of benzene rings is 2. The van der Waals surface area contributed by atoms with Gasteiger partial charge in [0.05, 0.1) is 17.7 Å². The Kier molecular flexibility index (Phi) is 5.49.